The molecule has 6 heteroatoms. The van der Waals surface area contributed by atoms with Crippen LogP contribution in [0.3, 0.4) is 0 Å². The fraction of sp³-hybridized carbons (Fsp3) is 0. The number of aromatic nitrogens is 2. The first-order chi connectivity index (χ1) is 11.8. The number of carbonyl (C=O) groups excluding carboxylic acids is 1. The van der Waals surface area contributed by atoms with Gasteiger partial charge in [-0.3, -0.25) is 10.1 Å². The zero-order valence-corrected chi connectivity index (χ0v) is 13.3. The van der Waals surface area contributed by atoms with Crippen LogP contribution in [0.5, 0.6) is 0 Å². The van der Waals surface area contributed by atoms with Gasteiger partial charge in [-0.25, -0.2) is 0 Å². The molecule has 1 aromatic heterocycles. The van der Waals surface area contributed by atoms with Gasteiger partial charge in [-0.2, -0.15) is 5.26 Å². The third-order valence-electron chi connectivity index (χ3n) is 3.14. The summed E-state index contributed by atoms with van der Waals surface area (Å²) in [5, 5.41) is 20.8. The molecule has 0 spiro atoms. The second kappa shape index (κ2) is 7.31. The summed E-state index contributed by atoms with van der Waals surface area (Å²) in [4.78, 5) is 12.1. The molecule has 1 amide bonds. The minimum Gasteiger partial charge on any atom is -0.296 e. The Bertz CT molecular complexity index is 911. The maximum atomic E-state index is 12.1. The molecule has 5 nitrogen and oxygen atoms in total. The molecular weight excluding hydrogens is 320 g/mol. The molecule has 1 N–H and O–H groups in total. The Morgan fingerprint density at radius 3 is 2.38 bits per heavy atom. The Hall–Kier alpha value is -3.30. The monoisotopic (exact) mass is 332 g/mol. The Labute approximate surface area is 142 Å². The van der Waals surface area contributed by atoms with Gasteiger partial charge < -0.3 is 0 Å². The molecule has 0 saturated heterocycles. The summed E-state index contributed by atoms with van der Waals surface area (Å²) in [6.45, 7) is 0. The molecule has 0 bridgehead atoms. The first-order valence-corrected chi connectivity index (χ1v) is 7.95. The second-order valence-corrected chi connectivity index (χ2v) is 5.79. The number of benzene rings is 2. The zero-order chi connectivity index (χ0) is 16.8. The van der Waals surface area contributed by atoms with Crippen molar-refractivity contribution >= 4 is 34.0 Å². The van der Waals surface area contributed by atoms with Crippen molar-refractivity contribution in [2.75, 3.05) is 5.32 Å². The maximum Gasteiger partial charge on any atom is 0.257 e. The van der Waals surface area contributed by atoms with Gasteiger partial charge in [0.05, 0.1) is 5.57 Å². The van der Waals surface area contributed by atoms with Crippen LogP contribution >= 0.6 is 11.3 Å². The highest BCUT2D eigenvalue weighted by Crippen LogP contribution is 2.24. The Kier molecular flexibility index (Phi) is 4.75. The van der Waals surface area contributed by atoms with Gasteiger partial charge in [0.1, 0.15) is 6.07 Å². The van der Waals surface area contributed by atoms with Gasteiger partial charge in [-0.15, -0.1) is 10.2 Å². The number of hydrogen-bond donors (Lipinski definition) is 1. The Balaban J connectivity index is 1.79. The third-order valence-corrected chi connectivity index (χ3v) is 4.01. The van der Waals surface area contributed by atoms with E-state index < -0.39 is 0 Å². The summed E-state index contributed by atoms with van der Waals surface area (Å²) in [5.41, 5.74) is 1.84. The molecule has 0 atom stereocenters. The number of carbonyl (C=O) groups is 1. The lowest BCUT2D eigenvalue weighted by Crippen LogP contribution is -2.11. The quantitative estimate of drug-likeness (QED) is 0.736. The van der Waals surface area contributed by atoms with Gasteiger partial charge in [-0.1, -0.05) is 59.9 Å². The minimum absolute atomic E-state index is 0.260. The van der Waals surface area contributed by atoms with Gasteiger partial charge in [-0.05, 0) is 23.8 Å². The largest absolute Gasteiger partial charge is 0.296 e. The molecule has 0 aliphatic carbocycles. The summed E-state index contributed by atoms with van der Waals surface area (Å²) in [5.74, 6) is -0.260. The highest BCUT2D eigenvalue weighted by molar-refractivity contribution is 7.16. The summed E-state index contributed by atoms with van der Waals surface area (Å²) < 4.78 is 0. The number of nitrogens with zero attached hydrogens (tertiary/aromatic N) is 3. The first kappa shape index (κ1) is 15.6. The van der Waals surface area contributed by atoms with Crippen molar-refractivity contribution in [2.24, 2.45) is 0 Å². The fourth-order valence-corrected chi connectivity index (χ4v) is 2.70. The van der Waals surface area contributed by atoms with E-state index in [2.05, 4.69) is 21.6 Å². The van der Waals surface area contributed by atoms with E-state index in [1.807, 2.05) is 36.4 Å². The van der Waals surface area contributed by atoms with E-state index in [9.17, 15) is 10.1 Å². The zero-order valence-electron chi connectivity index (χ0n) is 12.5. The van der Waals surface area contributed by atoms with Crippen LogP contribution in [-0.2, 0) is 0 Å². The van der Waals surface area contributed by atoms with Crippen LogP contribution in [0.4, 0.5) is 5.13 Å². The van der Waals surface area contributed by atoms with E-state index in [0.717, 1.165) is 16.9 Å². The number of nitrogens with one attached hydrogen (secondary N) is 1. The topological polar surface area (TPSA) is 78.7 Å². The third kappa shape index (κ3) is 3.72. The van der Waals surface area contributed by atoms with E-state index in [0.29, 0.717) is 21.3 Å². The molecule has 0 aliphatic rings. The molecule has 116 valence electrons. The molecule has 0 unspecified atom stereocenters. The van der Waals surface area contributed by atoms with Crippen LogP contribution in [0.1, 0.15) is 20.9 Å². The average molecular weight is 332 g/mol. The van der Waals surface area contributed by atoms with Crippen molar-refractivity contribution in [2.45, 2.75) is 0 Å². The lowest BCUT2D eigenvalue weighted by Gasteiger charge is -1.99. The summed E-state index contributed by atoms with van der Waals surface area (Å²) in [6, 6.07) is 20.5. The highest BCUT2D eigenvalue weighted by atomic mass is 32.1. The van der Waals surface area contributed by atoms with Crippen LogP contribution < -0.4 is 5.32 Å². The van der Waals surface area contributed by atoms with E-state index in [1.165, 1.54) is 0 Å². The van der Waals surface area contributed by atoms with Crippen molar-refractivity contribution in [3.05, 3.63) is 76.8 Å². The van der Waals surface area contributed by atoms with E-state index in [4.69, 9.17) is 0 Å². The molecule has 0 saturated carbocycles. The first-order valence-electron chi connectivity index (χ1n) is 7.13. The summed E-state index contributed by atoms with van der Waals surface area (Å²) in [7, 11) is 0. The normalized spacial score (nSPS) is 10.9. The minimum atomic E-state index is -0.260. The smallest absolute Gasteiger partial charge is 0.257 e. The molecular formula is C18H12N4OS. The Morgan fingerprint density at radius 2 is 1.71 bits per heavy atom. The van der Waals surface area contributed by atoms with Crippen LogP contribution in [0.2, 0.25) is 0 Å². The number of hydrogen-bond acceptors (Lipinski definition) is 5. The SMILES string of the molecule is N#C/C(=C\c1ccccc1)c1nnc(NC(=O)c2ccccc2)s1. The lowest BCUT2D eigenvalue weighted by molar-refractivity contribution is 0.102. The Morgan fingerprint density at radius 1 is 1.04 bits per heavy atom. The number of allylic oxidation sites excluding steroid dienone is 1. The van der Waals surface area contributed by atoms with Crippen LogP contribution in [0.15, 0.2) is 60.7 Å². The van der Waals surface area contributed by atoms with E-state index >= 15 is 0 Å². The fourth-order valence-electron chi connectivity index (χ4n) is 2.00. The van der Waals surface area contributed by atoms with Gasteiger partial charge in [0.2, 0.25) is 5.13 Å². The van der Waals surface area contributed by atoms with E-state index in [-0.39, 0.29) is 5.91 Å². The van der Waals surface area contributed by atoms with Crippen molar-refractivity contribution < 1.29 is 4.79 Å². The molecule has 1 heterocycles. The molecule has 2 aromatic carbocycles. The van der Waals surface area contributed by atoms with Crippen molar-refractivity contribution in [1.29, 1.82) is 5.26 Å². The van der Waals surface area contributed by atoms with E-state index in [1.54, 1.807) is 30.3 Å². The maximum absolute atomic E-state index is 12.1. The molecule has 3 rings (SSSR count). The summed E-state index contributed by atoms with van der Waals surface area (Å²) >= 11 is 1.16. The molecule has 24 heavy (non-hydrogen) atoms. The van der Waals surface area contributed by atoms with Crippen molar-refractivity contribution in [1.82, 2.24) is 10.2 Å². The average Bonchev–Trinajstić information content (AvgIpc) is 3.09. The van der Waals surface area contributed by atoms with Crippen LogP contribution in [0, 0.1) is 11.3 Å². The molecule has 0 aliphatic heterocycles. The number of rotatable bonds is 4. The van der Waals surface area contributed by atoms with Crippen LogP contribution in [0.25, 0.3) is 11.6 Å². The summed E-state index contributed by atoms with van der Waals surface area (Å²) in [6.07, 6.45) is 1.74. The van der Waals surface area contributed by atoms with Gasteiger partial charge >= 0.3 is 0 Å². The van der Waals surface area contributed by atoms with Gasteiger partial charge in [0, 0.05) is 5.56 Å². The molecule has 3 aromatic rings. The molecule has 0 fully saturated rings. The van der Waals surface area contributed by atoms with Crippen molar-refractivity contribution in [3.8, 4) is 6.07 Å². The van der Waals surface area contributed by atoms with Crippen LogP contribution in [-0.4, -0.2) is 16.1 Å². The van der Waals surface area contributed by atoms with Gasteiger partial charge in [0.15, 0.2) is 5.01 Å². The highest BCUT2D eigenvalue weighted by Gasteiger charge is 2.12. The number of anilines is 1. The number of nitriles is 1. The predicted octanol–water partition coefficient (Wildman–Crippen LogP) is 3.85. The lowest BCUT2D eigenvalue weighted by atomic mass is 10.1. The predicted molar refractivity (Wildman–Crippen MR) is 94.2 cm³/mol. The standard InChI is InChI=1S/C18H12N4OS/c19-12-15(11-13-7-3-1-4-8-13)17-21-22-18(24-17)20-16(23)14-9-5-2-6-10-14/h1-11H,(H,20,22,23)/b15-11+. The second-order valence-electron chi connectivity index (χ2n) is 4.81. The van der Waals surface area contributed by atoms with Gasteiger partial charge in [0.25, 0.3) is 5.91 Å². The molecule has 0 radical (unpaired) electrons. The number of amides is 1. The van der Waals surface area contributed by atoms with Crippen molar-refractivity contribution in [3.63, 3.8) is 0 Å².